The lowest BCUT2D eigenvalue weighted by Crippen LogP contribution is -2.05. The van der Waals surface area contributed by atoms with Crippen molar-refractivity contribution in [1.29, 1.82) is 0 Å². The van der Waals surface area contributed by atoms with Crippen LogP contribution < -0.4 is 5.32 Å². The Hall–Kier alpha value is -1.33. The Morgan fingerprint density at radius 3 is 2.94 bits per heavy atom. The SMILES string of the molecule is CNCc1nc(CSc2ccccc2C)no1. The molecule has 1 aromatic carbocycles. The molecule has 0 radical (unpaired) electrons. The van der Waals surface area contributed by atoms with Crippen molar-refractivity contribution in [2.45, 2.75) is 24.1 Å². The summed E-state index contributed by atoms with van der Waals surface area (Å²) in [6.07, 6.45) is 0. The Kier molecular flexibility index (Phi) is 4.17. The van der Waals surface area contributed by atoms with E-state index in [0.717, 1.165) is 11.6 Å². The van der Waals surface area contributed by atoms with Gasteiger partial charge in [-0.1, -0.05) is 23.4 Å². The molecule has 2 aromatic rings. The number of hydrogen-bond acceptors (Lipinski definition) is 5. The minimum Gasteiger partial charge on any atom is -0.338 e. The van der Waals surface area contributed by atoms with Crippen LogP contribution in [0.25, 0.3) is 0 Å². The van der Waals surface area contributed by atoms with Crippen LogP contribution >= 0.6 is 11.8 Å². The average Bonchev–Trinajstić information content (AvgIpc) is 2.76. The average molecular weight is 249 g/mol. The molecule has 90 valence electrons. The molecule has 0 amide bonds. The predicted molar refractivity (Wildman–Crippen MR) is 67.8 cm³/mol. The Morgan fingerprint density at radius 1 is 1.35 bits per heavy atom. The predicted octanol–water partition coefficient (Wildman–Crippen LogP) is 2.39. The van der Waals surface area contributed by atoms with Crippen molar-refractivity contribution in [3.8, 4) is 0 Å². The van der Waals surface area contributed by atoms with Crippen LogP contribution in [0.4, 0.5) is 0 Å². The van der Waals surface area contributed by atoms with Gasteiger partial charge < -0.3 is 9.84 Å². The maximum absolute atomic E-state index is 5.09. The molecule has 0 saturated heterocycles. The van der Waals surface area contributed by atoms with Crippen molar-refractivity contribution in [3.63, 3.8) is 0 Å². The molecular formula is C12H15N3OS. The van der Waals surface area contributed by atoms with Gasteiger partial charge in [-0.2, -0.15) is 4.98 Å². The molecule has 0 aliphatic rings. The van der Waals surface area contributed by atoms with Crippen molar-refractivity contribution in [1.82, 2.24) is 15.5 Å². The molecule has 4 nitrogen and oxygen atoms in total. The highest BCUT2D eigenvalue weighted by Gasteiger charge is 2.06. The van der Waals surface area contributed by atoms with Gasteiger partial charge in [0.25, 0.3) is 0 Å². The minimum absolute atomic E-state index is 0.613. The number of nitrogens with one attached hydrogen (secondary N) is 1. The van der Waals surface area contributed by atoms with E-state index in [1.54, 1.807) is 11.8 Å². The van der Waals surface area contributed by atoms with Gasteiger partial charge in [0.05, 0.1) is 12.3 Å². The van der Waals surface area contributed by atoms with Crippen molar-refractivity contribution in [3.05, 3.63) is 41.5 Å². The first kappa shape index (κ1) is 12.1. The van der Waals surface area contributed by atoms with Crippen molar-refractivity contribution < 1.29 is 4.52 Å². The summed E-state index contributed by atoms with van der Waals surface area (Å²) in [6, 6.07) is 8.29. The normalized spacial score (nSPS) is 10.7. The maximum Gasteiger partial charge on any atom is 0.240 e. The number of hydrogen-bond donors (Lipinski definition) is 1. The Labute approximate surface area is 105 Å². The number of aryl methyl sites for hydroxylation is 1. The lowest BCUT2D eigenvalue weighted by molar-refractivity contribution is 0.368. The monoisotopic (exact) mass is 249 g/mol. The third-order valence-electron chi connectivity index (χ3n) is 2.29. The zero-order valence-corrected chi connectivity index (χ0v) is 10.8. The second-order valence-electron chi connectivity index (χ2n) is 3.69. The standard InChI is InChI=1S/C12H15N3OS/c1-9-5-3-4-6-10(9)17-8-11-14-12(7-13-2)16-15-11/h3-6,13H,7-8H2,1-2H3. The van der Waals surface area contributed by atoms with E-state index in [2.05, 4.69) is 34.5 Å². The Bertz CT molecular complexity index is 484. The second-order valence-corrected chi connectivity index (χ2v) is 4.71. The molecule has 0 fully saturated rings. The number of aromatic nitrogens is 2. The second kappa shape index (κ2) is 5.84. The summed E-state index contributed by atoms with van der Waals surface area (Å²) < 4.78 is 5.09. The van der Waals surface area contributed by atoms with Gasteiger partial charge in [0.15, 0.2) is 5.82 Å². The van der Waals surface area contributed by atoms with Crippen LogP contribution in [0.15, 0.2) is 33.7 Å². The Morgan fingerprint density at radius 2 is 2.18 bits per heavy atom. The zero-order valence-electron chi connectivity index (χ0n) is 9.93. The van der Waals surface area contributed by atoms with Crippen LogP contribution in [0.2, 0.25) is 0 Å². The molecular weight excluding hydrogens is 234 g/mol. The number of benzene rings is 1. The van der Waals surface area contributed by atoms with Crippen LogP contribution in [-0.2, 0) is 12.3 Å². The first-order chi connectivity index (χ1) is 8.29. The van der Waals surface area contributed by atoms with Crippen LogP contribution in [0.3, 0.4) is 0 Å². The molecule has 0 aliphatic heterocycles. The summed E-state index contributed by atoms with van der Waals surface area (Å²) in [4.78, 5) is 5.54. The van der Waals surface area contributed by atoms with E-state index in [4.69, 9.17) is 4.52 Å². The Balaban J connectivity index is 1.95. The van der Waals surface area contributed by atoms with E-state index in [1.807, 2.05) is 19.2 Å². The molecule has 1 aromatic heterocycles. The van der Waals surface area contributed by atoms with Gasteiger partial charge in [0.1, 0.15) is 0 Å². The molecule has 0 aliphatic carbocycles. The van der Waals surface area contributed by atoms with E-state index < -0.39 is 0 Å². The third kappa shape index (κ3) is 3.31. The summed E-state index contributed by atoms with van der Waals surface area (Å²) in [6.45, 7) is 2.72. The molecule has 0 spiro atoms. The first-order valence-corrected chi connectivity index (χ1v) is 6.42. The van der Waals surface area contributed by atoms with Crippen LogP contribution in [0, 0.1) is 6.92 Å². The summed E-state index contributed by atoms with van der Waals surface area (Å²) >= 11 is 1.73. The number of thioether (sulfide) groups is 1. The van der Waals surface area contributed by atoms with Gasteiger partial charge in [-0.15, -0.1) is 11.8 Å². The largest absolute Gasteiger partial charge is 0.338 e. The summed E-state index contributed by atoms with van der Waals surface area (Å²) in [5.74, 6) is 2.11. The molecule has 0 atom stereocenters. The van der Waals surface area contributed by atoms with E-state index in [1.165, 1.54) is 10.5 Å². The first-order valence-electron chi connectivity index (χ1n) is 5.44. The smallest absolute Gasteiger partial charge is 0.240 e. The molecule has 1 heterocycles. The maximum atomic E-state index is 5.09. The van der Waals surface area contributed by atoms with Crippen molar-refractivity contribution in [2.24, 2.45) is 0 Å². The highest BCUT2D eigenvalue weighted by atomic mass is 32.2. The van der Waals surface area contributed by atoms with E-state index in [9.17, 15) is 0 Å². The zero-order chi connectivity index (χ0) is 12.1. The molecule has 1 N–H and O–H groups in total. The quantitative estimate of drug-likeness (QED) is 0.825. The van der Waals surface area contributed by atoms with Gasteiger partial charge in [-0.05, 0) is 25.6 Å². The van der Waals surface area contributed by atoms with Crippen molar-refractivity contribution >= 4 is 11.8 Å². The molecule has 2 rings (SSSR count). The molecule has 0 bridgehead atoms. The molecule has 0 unspecified atom stereocenters. The van der Waals surface area contributed by atoms with E-state index >= 15 is 0 Å². The van der Waals surface area contributed by atoms with E-state index in [-0.39, 0.29) is 0 Å². The lowest BCUT2D eigenvalue weighted by atomic mass is 10.2. The highest BCUT2D eigenvalue weighted by Crippen LogP contribution is 2.24. The van der Waals surface area contributed by atoms with Gasteiger partial charge in [-0.25, -0.2) is 0 Å². The van der Waals surface area contributed by atoms with Crippen LogP contribution in [-0.4, -0.2) is 17.2 Å². The number of rotatable bonds is 5. The summed E-state index contributed by atoms with van der Waals surface area (Å²) in [7, 11) is 1.85. The van der Waals surface area contributed by atoms with Crippen molar-refractivity contribution in [2.75, 3.05) is 7.05 Å². The van der Waals surface area contributed by atoms with Gasteiger partial charge >= 0.3 is 0 Å². The minimum atomic E-state index is 0.613. The lowest BCUT2D eigenvalue weighted by Gasteiger charge is -2.01. The fourth-order valence-corrected chi connectivity index (χ4v) is 2.30. The molecule has 5 heteroatoms. The van der Waals surface area contributed by atoms with Gasteiger partial charge in [-0.3, -0.25) is 0 Å². The van der Waals surface area contributed by atoms with Gasteiger partial charge in [0, 0.05) is 4.90 Å². The fraction of sp³-hybridized carbons (Fsp3) is 0.333. The fourth-order valence-electron chi connectivity index (χ4n) is 1.43. The molecule has 17 heavy (non-hydrogen) atoms. The summed E-state index contributed by atoms with van der Waals surface area (Å²) in [5, 5.41) is 6.91. The van der Waals surface area contributed by atoms with Crippen LogP contribution in [0.1, 0.15) is 17.3 Å². The molecule has 0 saturated carbocycles. The van der Waals surface area contributed by atoms with Crippen LogP contribution in [0.5, 0.6) is 0 Å². The number of nitrogens with zero attached hydrogens (tertiary/aromatic N) is 2. The topological polar surface area (TPSA) is 51.0 Å². The third-order valence-corrected chi connectivity index (χ3v) is 3.46. The van der Waals surface area contributed by atoms with Gasteiger partial charge in [0.2, 0.25) is 5.89 Å². The highest BCUT2D eigenvalue weighted by molar-refractivity contribution is 7.98. The van der Waals surface area contributed by atoms with E-state index in [0.29, 0.717) is 12.4 Å². The summed E-state index contributed by atoms with van der Waals surface area (Å²) in [5.41, 5.74) is 1.27.